The molecule has 0 aliphatic rings. The summed E-state index contributed by atoms with van der Waals surface area (Å²) in [5.41, 5.74) is 0. The second-order valence-corrected chi connectivity index (χ2v) is 1.42. The number of ether oxygens (including phenoxy) is 1. The number of halogens is 2. The number of aliphatic carboxylic acids is 1. The molecule has 10 heavy (non-hydrogen) atoms. The van der Waals surface area contributed by atoms with Gasteiger partial charge in [-0.3, -0.25) is 4.79 Å². The number of hydrogen-bond acceptors (Lipinski definition) is 3. The summed E-state index contributed by atoms with van der Waals surface area (Å²) in [6.07, 6.45) is 0. The fraction of sp³-hybridized carbons (Fsp3) is 0.500. The van der Waals surface area contributed by atoms with Crippen LogP contribution in [-0.2, 0) is 14.3 Å². The Balaban J connectivity index is 3.86. The molecule has 0 aliphatic carbocycles. The maximum absolute atomic E-state index is 11.8. The van der Waals surface area contributed by atoms with Crippen LogP contribution in [0, 0.1) is 0 Å². The minimum atomic E-state index is -3.99. The van der Waals surface area contributed by atoms with E-state index in [1.54, 1.807) is 0 Å². The van der Waals surface area contributed by atoms with Crippen molar-refractivity contribution in [1.82, 2.24) is 0 Å². The molecule has 0 unspecified atom stereocenters. The molecule has 0 aliphatic heterocycles. The highest BCUT2D eigenvalue weighted by Gasteiger charge is 2.39. The van der Waals surface area contributed by atoms with Crippen LogP contribution in [0.2, 0.25) is 0 Å². The summed E-state index contributed by atoms with van der Waals surface area (Å²) < 4.78 is 27.2. The van der Waals surface area contributed by atoms with Gasteiger partial charge in [-0.1, -0.05) is 0 Å². The van der Waals surface area contributed by atoms with Crippen LogP contribution in [0.15, 0.2) is 0 Å². The van der Waals surface area contributed by atoms with Crippen LogP contribution in [0.3, 0.4) is 0 Å². The largest absolute Gasteiger partial charge is 0.477 e. The number of carbonyl (C=O) groups excluding carboxylic acids is 1. The zero-order valence-corrected chi connectivity index (χ0v) is 4.71. The van der Waals surface area contributed by atoms with Gasteiger partial charge in [0, 0.05) is 0 Å². The van der Waals surface area contributed by atoms with Gasteiger partial charge in [-0.25, -0.2) is 4.79 Å². The minimum absolute atomic E-state index is 0.239. The average molecular weight is 154 g/mol. The lowest BCUT2D eigenvalue weighted by molar-refractivity contribution is -0.174. The number of carbonyl (C=O) groups is 2. The standard InChI is InChI=1S/C4H4F2O4/c5-4(6,3(8)9)1-10-2-7/h2H,1H2,(H,8,9). The molecule has 0 radical (unpaired) electrons. The molecule has 0 fully saturated rings. The Bertz CT molecular complexity index is 144. The smallest absolute Gasteiger partial charge is 0.378 e. The van der Waals surface area contributed by atoms with E-state index in [0.29, 0.717) is 0 Å². The van der Waals surface area contributed by atoms with Gasteiger partial charge in [0.1, 0.15) is 0 Å². The number of rotatable bonds is 4. The van der Waals surface area contributed by atoms with Gasteiger partial charge in [0.15, 0.2) is 6.61 Å². The quantitative estimate of drug-likeness (QED) is 0.573. The number of carboxylic acids is 1. The van der Waals surface area contributed by atoms with Crippen LogP contribution in [0.5, 0.6) is 0 Å². The van der Waals surface area contributed by atoms with Crippen molar-refractivity contribution in [3.63, 3.8) is 0 Å². The fourth-order valence-corrected chi connectivity index (χ4v) is 0.200. The lowest BCUT2D eigenvalue weighted by Gasteiger charge is -2.07. The molecule has 0 saturated heterocycles. The molecule has 0 aromatic heterocycles. The number of alkyl halides is 2. The second-order valence-electron chi connectivity index (χ2n) is 1.42. The Morgan fingerprint density at radius 3 is 2.50 bits per heavy atom. The van der Waals surface area contributed by atoms with Crippen molar-refractivity contribution in [2.45, 2.75) is 5.92 Å². The molecule has 0 heterocycles. The first-order valence-electron chi connectivity index (χ1n) is 2.17. The highest BCUT2D eigenvalue weighted by molar-refractivity contribution is 5.75. The Labute approximate surface area is 54.4 Å². The third-order valence-corrected chi connectivity index (χ3v) is 0.646. The third kappa shape index (κ3) is 2.38. The van der Waals surface area contributed by atoms with E-state index < -0.39 is 18.5 Å². The van der Waals surface area contributed by atoms with E-state index in [4.69, 9.17) is 5.11 Å². The minimum Gasteiger partial charge on any atom is -0.477 e. The SMILES string of the molecule is O=COCC(F)(F)C(=O)O. The molecular formula is C4H4F2O4. The number of hydrogen-bond donors (Lipinski definition) is 1. The summed E-state index contributed by atoms with van der Waals surface area (Å²) in [5, 5.41) is 7.72. The van der Waals surface area contributed by atoms with Crippen molar-refractivity contribution in [3.8, 4) is 0 Å². The highest BCUT2D eigenvalue weighted by Crippen LogP contribution is 2.12. The highest BCUT2D eigenvalue weighted by atomic mass is 19.3. The van der Waals surface area contributed by atoms with Crippen molar-refractivity contribution < 1.29 is 28.2 Å². The molecule has 58 valence electrons. The van der Waals surface area contributed by atoms with Crippen molar-refractivity contribution >= 4 is 12.4 Å². The third-order valence-electron chi connectivity index (χ3n) is 0.646. The van der Waals surface area contributed by atoms with Crippen LogP contribution >= 0.6 is 0 Å². The molecular weight excluding hydrogens is 150 g/mol. The van der Waals surface area contributed by atoms with Gasteiger partial charge in [0.25, 0.3) is 6.47 Å². The maximum atomic E-state index is 11.8. The first-order valence-corrected chi connectivity index (χ1v) is 2.17. The van der Waals surface area contributed by atoms with E-state index in [1.165, 1.54) is 0 Å². The van der Waals surface area contributed by atoms with E-state index in [9.17, 15) is 18.4 Å². The molecule has 6 heteroatoms. The molecule has 0 spiro atoms. The van der Waals surface area contributed by atoms with Crippen LogP contribution < -0.4 is 0 Å². The van der Waals surface area contributed by atoms with E-state index in [1.807, 2.05) is 0 Å². The molecule has 1 N–H and O–H groups in total. The lowest BCUT2D eigenvalue weighted by atomic mass is 10.4. The Morgan fingerprint density at radius 2 is 2.20 bits per heavy atom. The van der Waals surface area contributed by atoms with Gasteiger partial charge in [-0.15, -0.1) is 0 Å². The van der Waals surface area contributed by atoms with Crippen LogP contribution in [0.4, 0.5) is 8.78 Å². The van der Waals surface area contributed by atoms with E-state index >= 15 is 0 Å². The van der Waals surface area contributed by atoms with Crippen molar-refractivity contribution in [3.05, 3.63) is 0 Å². The topological polar surface area (TPSA) is 63.6 Å². The predicted molar refractivity (Wildman–Crippen MR) is 24.6 cm³/mol. The number of carboxylic acid groups (broad SMARTS) is 1. The molecule has 0 amide bonds. The van der Waals surface area contributed by atoms with Gasteiger partial charge in [0.05, 0.1) is 0 Å². The Kier molecular flexibility index (Phi) is 2.72. The van der Waals surface area contributed by atoms with Gasteiger partial charge < -0.3 is 9.84 Å². The van der Waals surface area contributed by atoms with Crippen LogP contribution in [0.1, 0.15) is 0 Å². The van der Waals surface area contributed by atoms with Gasteiger partial charge in [-0.05, 0) is 0 Å². The molecule has 4 nitrogen and oxygen atoms in total. The fourth-order valence-electron chi connectivity index (χ4n) is 0.200. The van der Waals surface area contributed by atoms with E-state index in [-0.39, 0.29) is 6.47 Å². The summed E-state index contributed by atoms with van der Waals surface area (Å²) >= 11 is 0. The monoisotopic (exact) mass is 154 g/mol. The summed E-state index contributed by atoms with van der Waals surface area (Å²) in [7, 11) is 0. The molecule has 0 bridgehead atoms. The van der Waals surface area contributed by atoms with Crippen LogP contribution in [-0.4, -0.2) is 30.1 Å². The summed E-state index contributed by atoms with van der Waals surface area (Å²) in [6, 6.07) is 0. The second kappa shape index (κ2) is 3.09. The maximum Gasteiger partial charge on any atom is 0.378 e. The molecule has 0 aromatic rings. The Morgan fingerprint density at radius 1 is 1.70 bits per heavy atom. The van der Waals surface area contributed by atoms with E-state index in [2.05, 4.69) is 4.74 Å². The summed E-state index contributed by atoms with van der Waals surface area (Å²) in [5.74, 6) is -6.30. The molecule has 0 aromatic carbocycles. The normalized spacial score (nSPS) is 10.6. The van der Waals surface area contributed by atoms with Gasteiger partial charge in [0.2, 0.25) is 0 Å². The first kappa shape index (κ1) is 8.80. The molecule has 0 rings (SSSR count). The molecule has 0 atom stereocenters. The first-order chi connectivity index (χ1) is 4.50. The predicted octanol–water partition coefficient (Wildman–Crippen LogP) is -0.121. The zero-order valence-electron chi connectivity index (χ0n) is 4.71. The summed E-state index contributed by atoms with van der Waals surface area (Å²) in [6.45, 7) is -1.66. The molecule has 0 saturated carbocycles. The zero-order chi connectivity index (χ0) is 8.20. The van der Waals surface area contributed by atoms with E-state index in [0.717, 1.165) is 0 Å². The lowest BCUT2D eigenvalue weighted by Crippen LogP contribution is -2.33. The van der Waals surface area contributed by atoms with Gasteiger partial charge in [-0.2, -0.15) is 8.78 Å². The van der Waals surface area contributed by atoms with Crippen molar-refractivity contribution in [2.75, 3.05) is 6.61 Å². The van der Waals surface area contributed by atoms with Gasteiger partial charge >= 0.3 is 11.9 Å². The summed E-state index contributed by atoms with van der Waals surface area (Å²) in [4.78, 5) is 18.9. The van der Waals surface area contributed by atoms with Crippen molar-refractivity contribution in [1.29, 1.82) is 0 Å². The average Bonchev–Trinajstić information content (AvgIpc) is 1.84. The Hall–Kier alpha value is -1.20. The van der Waals surface area contributed by atoms with Crippen LogP contribution in [0.25, 0.3) is 0 Å². The van der Waals surface area contributed by atoms with Crippen molar-refractivity contribution in [2.24, 2.45) is 0 Å².